The average molecular weight is 445 g/mol. The molecule has 160 valence electrons. The molecule has 0 aliphatic rings. The molecule has 0 aliphatic carbocycles. The molecule has 0 atom stereocenters. The zero-order chi connectivity index (χ0) is 21.8. The molecule has 0 spiro atoms. The number of hydrogen-bond donors (Lipinski definition) is 1. The summed E-state index contributed by atoms with van der Waals surface area (Å²) in [6.45, 7) is 5.79. The van der Waals surface area contributed by atoms with Crippen LogP contribution in [0.4, 0.5) is 5.69 Å². The second kappa shape index (κ2) is 9.51. The number of sulfonamides is 1. The van der Waals surface area contributed by atoms with Gasteiger partial charge < -0.3 is 18.8 Å². The normalized spacial score (nSPS) is 11.6. The van der Waals surface area contributed by atoms with Crippen LogP contribution in [-0.4, -0.2) is 53.1 Å². The summed E-state index contributed by atoms with van der Waals surface area (Å²) in [6, 6.07) is 4.52. The number of nitrogens with zero attached hydrogens (tertiary/aromatic N) is 1. The van der Waals surface area contributed by atoms with E-state index in [1.54, 1.807) is 6.92 Å². The standard InChI is InChI=1S/C19H25ClN2O6S/c1-6-26-19(23)17-12(2)28-13(3)18(17)29(24,25)21-14-7-8-15(20)16(11-14)27-10-9-22(4)5/h7-8,11,21H,6,9-10H2,1-5H3. The molecule has 2 aromatic rings. The molecule has 0 saturated heterocycles. The monoisotopic (exact) mass is 444 g/mol. The minimum absolute atomic E-state index is 0.0921. The lowest BCUT2D eigenvalue weighted by Gasteiger charge is -2.14. The molecule has 1 aromatic carbocycles. The van der Waals surface area contributed by atoms with Crippen molar-refractivity contribution in [2.45, 2.75) is 25.7 Å². The molecule has 0 aliphatic heterocycles. The van der Waals surface area contributed by atoms with Crippen molar-refractivity contribution in [2.75, 3.05) is 38.6 Å². The highest BCUT2D eigenvalue weighted by Gasteiger charge is 2.32. The van der Waals surface area contributed by atoms with Gasteiger partial charge in [0.25, 0.3) is 10.0 Å². The number of benzene rings is 1. The summed E-state index contributed by atoms with van der Waals surface area (Å²) in [7, 11) is -0.315. The number of halogens is 1. The predicted octanol–water partition coefficient (Wildman–Crippen LogP) is 3.47. The summed E-state index contributed by atoms with van der Waals surface area (Å²) in [4.78, 5) is 13.9. The Labute approximate surface area is 175 Å². The number of rotatable bonds is 9. The number of esters is 1. The Bertz CT molecular complexity index is 985. The minimum Gasteiger partial charge on any atom is -0.491 e. The molecular formula is C19H25ClN2O6S. The highest BCUT2D eigenvalue weighted by Crippen LogP contribution is 2.32. The molecule has 0 saturated carbocycles. The Morgan fingerprint density at radius 1 is 1.24 bits per heavy atom. The molecule has 0 unspecified atom stereocenters. The molecule has 1 N–H and O–H groups in total. The van der Waals surface area contributed by atoms with Gasteiger partial charge in [0.2, 0.25) is 0 Å². The number of ether oxygens (including phenoxy) is 2. The van der Waals surface area contributed by atoms with Crippen LogP contribution in [-0.2, 0) is 14.8 Å². The number of hydrogen-bond acceptors (Lipinski definition) is 7. The van der Waals surface area contributed by atoms with Gasteiger partial charge in [0, 0.05) is 12.6 Å². The van der Waals surface area contributed by atoms with Gasteiger partial charge >= 0.3 is 5.97 Å². The fraction of sp³-hybridized carbons (Fsp3) is 0.421. The SMILES string of the molecule is CCOC(=O)c1c(C)oc(C)c1S(=O)(=O)Nc1ccc(Cl)c(OCCN(C)C)c1. The quantitative estimate of drug-likeness (QED) is 0.591. The van der Waals surface area contributed by atoms with E-state index in [9.17, 15) is 13.2 Å². The number of likely N-dealkylation sites (N-methyl/N-ethyl adjacent to an activating group) is 1. The number of furan rings is 1. The van der Waals surface area contributed by atoms with Gasteiger partial charge in [-0.05, 0) is 47.0 Å². The second-order valence-corrected chi connectivity index (χ2v) is 8.57. The number of anilines is 1. The number of nitrogens with one attached hydrogen (secondary N) is 1. The van der Waals surface area contributed by atoms with Crippen molar-refractivity contribution in [1.29, 1.82) is 0 Å². The van der Waals surface area contributed by atoms with Gasteiger partial charge in [-0.1, -0.05) is 11.6 Å². The topological polar surface area (TPSA) is 98.1 Å². The van der Waals surface area contributed by atoms with E-state index >= 15 is 0 Å². The van der Waals surface area contributed by atoms with Crippen molar-refractivity contribution < 1.29 is 27.1 Å². The summed E-state index contributed by atoms with van der Waals surface area (Å²) in [6.07, 6.45) is 0. The van der Waals surface area contributed by atoms with Gasteiger partial charge in [-0.3, -0.25) is 4.72 Å². The summed E-state index contributed by atoms with van der Waals surface area (Å²) in [5.74, 6) is -0.148. The first kappa shape index (κ1) is 23.1. The van der Waals surface area contributed by atoms with Crippen LogP contribution in [0.1, 0.15) is 28.8 Å². The molecular weight excluding hydrogens is 420 g/mol. The average Bonchev–Trinajstić information content (AvgIpc) is 2.92. The number of carbonyl (C=O) groups excluding carboxylic acids is 1. The Hall–Kier alpha value is -2.23. The van der Waals surface area contributed by atoms with E-state index in [4.69, 9.17) is 25.5 Å². The van der Waals surface area contributed by atoms with Gasteiger partial charge in [0.05, 0.1) is 17.3 Å². The second-order valence-electron chi connectivity index (χ2n) is 6.54. The highest BCUT2D eigenvalue weighted by molar-refractivity contribution is 7.92. The van der Waals surface area contributed by atoms with Crippen LogP contribution in [0.15, 0.2) is 27.5 Å². The molecule has 0 amide bonds. The third kappa shape index (κ3) is 5.65. The molecule has 1 heterocycles. The minimum atomic E-state index is -4.13. The maximum atomic E-state index is 13.0. The molecule has 10 heteroatoms. The molecule has 0 radical (unpaired) electrons. The predicted molar refractivity (Wildman–Crippen MR) is 110 cm³/mol. The summed E-state index contributed by atoms with van der Waals surface area (Å²) >= 11 is 6.14. The van der Waals surface area contributed by atoms with E-state index in [-0.39, 0.29) is 34.3 Å². The van der Waals surface area contributed by atoms with Gasteiger partial charge in [0.15, 0.2) is 0 Å². The fourth-order valence-corrected chi connectivity index (χ4v) is 4.28. The number of carbonyl (C=O) groups is 1. The van der Waals surface area contributed by atoms with E-state index in [1.165, 1.54) is 32.0 Å². The number of aryl methyl sites for hydroxylation is 2. The van der Waals surface area contributed by atoms with E-state index < -0.39 is 16.0 Å². The molecule has 0 fully saturated rings. The smallest absolute Gasteiger partial charge is 0.343 e. The van der Waals surface area contributed by atoms with Crippen molar-refractivity contribution in [2.24, 2.45) is 0 Å². The van der Waals surface area contributed by atoms with Gasteiger partial charge in [0.1, 0.15) is 34.3 Å². The van der Waals surface area contributed by atoms with Gasteiger partial charge in [-0.15, -0.1) is 0 Å². The third-order valence-electron chi connectivity index (χ3n) is 3.93. The lowest BCUT2D eigenvalue weighted by atomic mass is 10.2. The molecule has 1 aromatic heterocycles. The Morgan fingerprint density at radius 2 is 1.93 bits per heavy atom. The Balaban J connectivity index is 2.34. The summed E-state index contributed by atoms with van der Waals surface area (Å²) < 4.78 is 44.4. The van der Waals surface area contributed by atoms with Crippen molar-refractivity contribution in [3.63, 3.8) is 0 Å². The van der Waals surface area contributed by atoms with E-state index in [1.807, 2.05) is 19.0 Å². The van der Waals surface area contributed by atoms with Crippen LogP contribution < -0.4 is 9.46 Å². The van der Waals surface area contributed by atoms with Crippen molar-refractivity contribution >= 4 is 33.3 Å². The third-order valence-corrected chi connectivity index (χ3v) is 5.78. The van der Waals surface area contributed by atoms with Gasteiger partial charge in [-0.25, -0.2) is 13.2 Å². The maximum Gasteiger partial charge on any atom is 0.343 e. The fourth-order valence-electron chi connectivity index (χ4n) is 2.65. The van der Waals surface area contributed by atoms with Crippen molar-refractivity contribution in [3.8, 4) is 5.75 Å². The zero-order valence-electron chi connectivity index (χ0n) is 17.0. The molecule has 8 nitrogen and oxygen atoms in total. The zero-order valence-corrected chi connectivity index (χ0v) is 18.6. The van der Waals surface area contributed by atoms with E-state index in [0.717, 1.165) is 0 Å². The molecule has 0 bridgehead atoms. The van der Waals surface area contributed by atoms with E-state index in [0.29, 0.717) is 23.9 Å². The van der Waals surface area contributed by atoms with Crippen LogP contribution >= 0.6 is 11.6 Å². The van der Waals surface area contributed by atoms with Crippen LogP contribution in [0, 0.1) is 13.8 Å². The lowest BCUT2D eigenvalue weighted by Crippen LogP contribution is -2.20. The Morgan fingerprint density at radius 3 is 2.55 bits per heavy atom. The summed E-state index contributed by atoms with van der Waals surface area (Å²) in [5, 5.41) is 0.356. The summed E-state index contributed by atoms with van der Waals surface area (Å²) in [5.41, 5.74) is 0.121. The van der Waals surface area contributed by atoms with Crippen LogP contribution in [0.2, 0.25) is 5.02 Å². The first-order chi connectivity index (χ1) is 13.6. The van der Waals surface area contributed by atoms with Crippen LogP contribution in [0.5, 0.6) is 5.75 Å². The maximum absolute atomic E-state index is 13.0. The van der Waals surface area contributed by atoms with Crippen LogP contribution in [0.3, 0.4) is 0 Å². The molecule has 29 heavy (non-hydrogen) atoms. The van der Waals surface area contributed by atoms with Crippen LogP contribution in [0.25, 0.3) is 0 Å². The van der Waals surface area contributed by atoms with Gasteiger partial charge in [-0.2, -0.15) is 0 Å². The molecule has 2 rings (SSSR count). The van der Waals surface area contributed by atoms with Crippen molar-refractivity contribution in [3.05, 3.63) is 40.3 Å². The lowest BCUT2D eigenvalue weighted by molar-refractivity contribution is 0.0520. The first-order valence-electron chi connectivity index (χ1n) is 8.93. The largest absolute Gasteiger partial charge is 0.491 e. The van der Waals surface area contributed by atoms with E-state index in [2.05, 4.69) is 4.72 Å². The van der Waals surface area contributed by atoms with Crippen molar-refractivity contribution in [1.82, 2.24) is 4.90 Å². The first-order valence-corrected chi connectivity index (χ1v) is 10.8. The Kier molecular flexibility index (Phi) is 7.56. The highest BCUT2D eigenvalue weighted by atomic mass is 35.5.